The molecule has 2 rings (SSSR count). The number of pyridine rings is 1. The van der Waals surface area contributed by atoms with E-state index in [9.17, 15) is 0 Å². The van der Waals surface area contributed by atoms with Gasteiger partial charge in [-0.15, -0.1) is 0 Å². The molecule has 1 heteroatoms. The van der Waals surface area contributed by atoms with Gasteiger partial charge in [0.25, 0.3) is 0 Å². The van der Waals surface area contributed by atoms with Crippen LogP contribution >= 0.6 is 0 Å². The molecule has 48 valence electrons. The summed E-state index contributed by atoms with van der Waals surface area (Å²) in [7, 11) is 0. The molecule has 0 radical (unpaired) electrons. The van der Waals surface area contributed by atoms with Crippen molar-refractivity contribution in [1.29, 1.82) is 0 Å². The molecule has 1 aromatic carbocycles. The Labute approximate surface area is 69.2 Å². The van der Waals surface area contributed by atoms with Crippen LogP contribution in [0.2, 0.25) is 0 Å². The number of hydrogen-bond donors (Lipinski definition) is 0. The van der Waals surface area contributed by atoms with Crippen molar-refractivity contribution in [3.05, 3.63) is 42.6 Å². The van der Waals surface area contributed by atoms with Gasteiger partial charge in [0, 0.05) is 12.3 Å². The van der Waals surface area contributed by atoms with E-state index < -0.39 is 36.5 Å². The molecule has 2 aromatic rings. The van der Waals surface area contributed by atoms with Gasteiger partial charge in [-0.05, 0) is 16.8 Å². The second-order valence-corrected chi connectivity index (χ2v) is 1.71. The maximum Gasteiger partial charge on any atom is 0.0847 e. The molecule has 10 heavy (non-hydrogen) atoms. The van der Waals surface area contributed by atoms with Crippen LogP contribution in [0, 0.1) is 0 Å². The molecule has 0 aliphatic heterocycles. The Morgan fingerprint density at radius 1 is 1.10 bits per heavy atom. The highest BCUT2D eigenvalue weighted by atomic mass is 14.6. The molecule has 0 spiro atoms. The first kappa shape index (κ1) is 1.82. The summed E-state index contributed by atoms with van der Waals surface area (Å²) in [5.74, 6) is 0. The van der Waals surface area contributed by atoms with Gasteiger partial charge in [0.15, 0.2) is 0 Å². The summed E-state index contributed by atoms with van der Waals surface area (Å²) in [6, 6.07) is -2.12. The van der Waals surface area contributed by atoms with Crippen molar-refractivity contribution >= 4 is 10.8 Å². The van der Waals surface area contributed by atoms with Gasteiger partial charge in [-0.2, -0.15) is 0 Å². The van der Waals surface area contributed by atoms with E-state index in [1.807, 2.05) is 0 Å². The summed E-state index contributed by atoms with van der Waals surface area (Å²) in [4.78, 5) is 3.47. The van der Waals surface area contributed by atoms with Gasteiger partial charge in [-0.25, -0.2) is 0 Å². The molecule has 0 aliphatic carbocycles. The van der Waals surface area contributed by atoms with Crippen LogP contribution in [-0.4, -0.2) is 4.98 Å². The molecule has 0 aliphatic rings. The number of fused-ring (bicyclic) bond motifs is 1. The smallest absolute Gasteiger partial charge is 0.0847 e. The molecule has 0 bridgehead atoms. The Morgan fingerprint density at radius 3 is 2.80 bits per heavy atom. The summed E-state index contributed by atoms with van der Waals surface area (Å²) in [5, 5.41) is -0.238. The number of hydrogen-bond acceptors (Lipinski definition) is 1. The molecule has 0 atom stereocenters. The summed E-state index contributed by atoms with van der Waals surface area (Å²) < 4.78 is 52.8. The van der Waals surface area contributed by atoms with E-state index in [1.54, 1.807) is 0 Å². The van der Waals surface area contributed by atoms with Gasteiger partial charge in [0.05, 0.1) is 9.60 Å². The van der Waals surface area contributed by atoms with Gasteiger partial charge in [0.2, 0.25) is 0 Å². The molecule has 0 unspecified atom stereocenters. The molecule has 1 aromatic heterocycles. The number of aromatic nitrogens is 1. The number of rotatable bonds is 0. The Hall–Kier alpha value is -1.37. The van der Waals surface area contributed by atoms with Crippen molar-refractivity contribution in [3.8, 4) is 0 Å². The van der Waals surface area contributed by atoms with E-state index in [2.05, 4.69) is 4.98 Å². The molecule has 0 fully saturated rings. The van der Waals surface area contributed by atoms with Crippen LogP contribution in [-0.2, 0) is 0 Å². The Kier molecular flexibility index (Phi) is 0.382. The lowest BCUT2D eigenvalue weighted by molar-refractivity contribution is 1.36. The zero-order valence-electron chi connectivity index (χ0n) is 11.9. The van der Waals surface area contributed by atoms with Crippen molar-refractivity contribution in [2.45, 2.75) is 0 Å². The van der Waals surface area contributed by atoms with Crippen LogP contribution in [0.1, 0.15) is 9.60 Å². The second-order valence-electron chi connectivity index (χ2n) is 1.71. The molecule has 0 saturated carbocycles. The van der Waals surface area contributed by atoms with Crippen molar-refractivity contribution in [1.82, 2.24) is 4.98 Å². The van der Waals surface area contributed by atoms with E-state index in [0.717, 1.165) is 0 Å². The SMILES string of the molecule is [2H]c1nc([2H])c2c([2H])c([2H])c([2H])c([2H])c2c1[2H]. The molecular weight excluding hydrogens is 122 g/mol. The first-order valence-corrected chi connectivity index (χ1v) is 2.70. The predicted octanol–water partition coefficient (Wildman–Crippen LogP) is 2.23. The summed E-state index contributed by atoms with van der Waals surface area (Å²) in [6.45, 7) is 0. The monoisotopic (exact) mass is 136 g/mol. The van der Waals surface area contributed by atoms with Crippen LogP contribution in [0.4, 0.5) is 0 Å². The third-order valence-corrected chi connectivity index (χ3v) is 1.09. The average Bonchev–Trinajstić information content (AvgIpc) is 2.28. The highest BCUT2D eigenvalue weighted by Crippen LogP contribution is 2.09. The molecule has 1 nitrogen and oxygen atoms in total. The van der Waals surface area contributed by atoms with Crippen LogP contribution in [0.5, 0.6) is 0 Å². The third-order valence-electron chi connectivity index (χ3n) is 1.09. The Balaban J connectivity index is 3.17. The molecule has 0 amide bonds. The third kappa shape index (κ3) is 0.760. The average molecular weight is 136 g/mol. The first-order chi connectivity index (χ1) is 7.86. The minimum atomic E-state index is -0.471. The van der Waals surface area contributed by atoms with Crippen LogP contribution in [0.25, 0.3) is 10.8 Å². The van der Waals surface area contributed by atoms with Gasteiger partial charge in [-0.3, -0.25) is 4.98 Å². The molecule has 0 N–H and O–H groups in total. The van der Waals surface area contributed by atoms with Crippen LogP contribution in [0.15, 0.2) is 42.6 Å². The summed E-state index contributed by atoms with van der Waals surface area (Å²) in [6.07, 6.45) is -0.875. The normalized spacial score (nSPS) is 19.8. The molecule has 0 saturated heterocycles. The van der Waals surface area contributed by atoms with Gasteiger partial charge >= 0.3 is 0 Å². The quantitative estimate of drug-likeness (QED) is 0.541. The minimum absolute atomic E-state index is 0.114. The summed E-state index contributed by atoms with van der Waals surface area (Å²) >= 11 is 0. The standard InChI is InChI=1S/C9H7N/c1-2-4-9-7-10-6-5-8(9)3-1/h1-7H/i1D,2D,3D,4D,5D,6D,7D. The fraction of sp³-hybridized carbons (Fsp3) is 0. The largest absolute Gasteiger partial charge is 0.264 e. The highest BCUT2D eigenvalue weighted by Gasteiger charge is 1.86. The van der Waals surface area contributed by atoms with E-state index in [0.29, 0.717) is 0 Å². The van der Waals surface area contributed by atoms with Crippen molar-refractivity contribution in [3.63, 3.8) is 0 Å². The molecule has 1 heterocycles. The van der Waals surface area contributed by atoms with E-state index in [4.69, 9.17) is 9.60 Å². The predicted molar refractivity (Wildman–Crippen MR) is 41.7 cm³/mol. The second kappa shape index (κ2) is 2.10. The van der Waals surface area contributed by atoms with Gasteiger partial charge < -0.3 is 0 Å². The fourth-order valence-electron chi connectivity index (χ4n) is 0.658. The zero-order valence-corrected chi connectivity index (χ0v) is 4.95. The van der Waals surface area contributed by atoms with Crippen molar-refractivity contribution < 1.29 is 9.60 Å². The van der Waals surface area contributed by atoms with Crippen molar-refractivity contribution in [2.75, 3.05) is 0 Å². The number of nitrogens with zero attached hydrogens (tertiary/aromatic N) is 1. The first-order valence-electron chi connectivity index (χ1n) is 6.20. The van der Waals surface area contributed by atoms with E-state index in [-0.39, 0.29) is 16.8 Å². The van der Waals surface area contributed by atoms with E-state index in [1.165, 1.54) is 0 Å². The lowest BCUT2D eigenvalue weighted by Gasteiger charge is -1.91. The minimum Gasteiger partial charge on any atom is -0.264 e. The molecular formula is C9H7N. The highest BCUT2D eigenvalue weighted by molar-refractivity contribution is 5.80. The van der Waals surface area contributed by atoms with Crippen molar-refractivity contribution in [2.24, 2.45) is 0 Å². The maximum absolute atomic E-state index is 7.65. The Bertz CT molecular complexity index is 638. The van der Waals surface area contributed by atoms with Crippen LogP contribution < -0.4 is 0 Å². The fourth-order valence-corrected chi connectivity index (χ4v) is 0.658. The van der Waals surface area contributed by atoms with Gasteiger partial charge in [-0.1, -0.05) is 24.2 Å². The summed E-state index contributed by atoms with van der Waals surface area (Å²) in [5.41, 5.74) is 0. The van der Waals surface area contributed by atoms with Crippen LogP contribution in [0.3, 0.4) is 0 Å². The zero-order chi connectivity index (χ0) is 12.9. The van der Waals surface area contributed by atoms with E-state index >= 15 is 0 Å². The van der Waals surface area contributed by atoms with Gasteiger partial charge in [0.1, 0.15) is 0 Å². The lowest BCUT2D eigenvalue weighted by Crippen LogP contribution is -1.71. The number of benzene rings is 1. The topological polar surface area (TPSA) is 12.9 Å². The Morgan fingerprint density at radius 2 is 1.90 bits per heavy atom. The maximum atomic E-state index is 7.65. The lowest BCUT2D eigenvalue weighted by atomic mass is 10.2.